The normalized spacial score (nSPS) is 10.9. The molecule has 0 unspecified atom stereocenters. The number of hydrogen-bond donors (Lipinski definition) is 0. The van der Waals surface area contributed by atoms with Gasteiger partial charge in [-0.05, 0) is 17.7 Å². The molecule has 1 amide bonds. The molecule has 2 aromatic heterocycles. The molecule has 0 aliphatic carbocycles. The van der Waals surface area contributed by atoms with E-state index in [9.17, 15) is 4.79 Å². The van der Waals surface area contributed by atoms with Crippen LogP contribution in [0.25, 0.3) is 10.9 Å². The van der Waals surface area contributed by atoms with Crippen LogP contribution in [0.15, 0.2) is 48.9 Å². The van der Waals surface area contributed by atoms with Gasteiger partial charge in [0.1, 0.15) is 0 Å². The first-order valence-corrected chi connectivity index (χ1v) is 7.76. The lowest BCUT2D eigenvalue weighted by Gasteiger charge is -2.18. The Morgan fingerprint density at radius 2 is 2.17 bits per heavy atom. The molecular weight excluding hydrogens is 312 g/mol. The fourth-order valence-corrected chi connectivity index (χ4v) is 2.67. The highest BCUT2D eigenvalue weighted by Gasteiger charge is 2.11. The Morgan fingerprint density at radius 3 is 2.96 bits per heavy atom. The van der Waals surface area contributed by atoms with Gasteiger partial charge in [0, 0.05) is 44.3 Å². The number of aromatic nitrogens is 3. The predicted molar refractivity (Wildman–Crippen MR) is 90.1 cm³/mol. The molecule has 118 valence electrons. The minimum absolute atomic E-state index is 0.0671. The third kappa shape index (κ3) is 3.68. The second-order valence-corrected chi connectivity index (χ2v) is 5.85. The highest BCUT2D eigenvalue weighted by atomic mass is 35.5. The molecule has 3 aromatic rings. The molecule has 5 nitrogen and oxygen atoms in total. The standard InChI is InChI=1S/C17H17ClN4O/c1-21(17(23)7-9-22-12-14(18)10-20-22)11-13-4-2-6-16-15(13)5-3-8-19-16/h2-6,8,10,12H,7,9,11H2,1H3. The third-order valence-electron chi connectivity index (χ3n) is 3.73. The van der Waals surface area contributed by atoms with E-state index in [0.717, 1.165) is 16.5 Å². The zero-order chi connectivity index (χ0) is 16.2. The number of carbonyl (C=O) groups is 1. The zero-order valence-corrected chi connectivity index (χ0v) is 13.6. The number of hydrogen-bond acceptors (Lipinski definition) is 3. The van der Waals surface area contributed by atoms with Gasteiger partial charge in [0.15, 0.2) is 0 Å². The highest BCUT2D eigenvalue weighted by molar-refractivity contribution is 6.30. The average molecular weight is 329 g/mol. The Hall–Kier alpha value is -2.40. The molecule has 0 bridgehead atoms. The quantitative estimate of drug-likeness (QED) is 0.723. The van der Waals surface area contributed by atoms with Crippen molar-refractivity contribution in [3.8, 4) is 0 Å². The van der Waals surface area contributed by atoms with E-state index in [1.807, 2.05) is 37.4 Å². The Bertz CT molecular complexity index is 825. The second-order valence-electron chi connectivity index (χ2n) is 5.41. The van der Waals surface area contributed by atoms with Gasteiger partial charge in [-0.2, -0.15) is 5.10 Å². The van der Waals surface area contributed by atoms with Gasteiger partial charge in [-0.25, -0.2) is 0 Å². The lowest BCUT2D eigenvalue weighted by atomic mass is 10.1. The molecule has 0 saturated carbocycles. The van der Waals surface area contributed by atoms with Crippen LogP contribution in [0.4, 0.5) is 0 Å². The number of fused-ring (bicyclic) bond motifs is 1. The Kier molecular flexibility index (Phi) is 4.57. The van der Waals surface area contributed by atoms with Gasteiger partial charge in [-0.3, -0.25) is 14.5 Å². The van der Waals surface area contributed by atoms with Crippen molar-refractivity contribution in [2.45, 2.75) is 19.5 Å². The highest BCUT2D eigenvalue weighted by Crippen LogP contribution is 2.18. The van der Waals surface area contributed by atoms with E-state index < -0.39 is 0 Å². The molecule has 2 heterocycles. The maximum atomic E-state index is 12.3. The summed E-state index contributed by atoms with van der Waals surface area (Å²) in [7, 11) is 1.81. The Labute approximate surface area is 139 Å². The minimum Gasteiger partial charge on any atom is -0.341 e. The van der Waals surface area contributed by atoms with Gasteiger partial charge >= 0.3 is 0 Å². The van der Waals surface area contributed by atoms with Crippen molar-refractivity contribution in [1.82, 2.24) is 19.7 Å². The number of pyridine rings is 1. The van der Waals surface area contributed by atoms with Crippen molar-refractivity contribution in [2.24, 2.45) is 0 Å². The van der Waals surface area contributed by atoms with Crippen LogP contribution < -0.4 is 0 Å². The van der Waals surface area contributed by atoms with E-state index in [-0.39, 0.29) is 5.91 Å². The number of aryl methyl sites for hydroxylation is 1. The smallest absolute Gasteiger partial charge is 0.224 e. The van der Waals surface area contributed by atoms with Crippen molar-refractivity contribution in [3.05, 3.63) is 59.5 Å². The summed E-state index contributed by atoms with van der Waals surface area (Å²) in [6.07, 6.45) is 5.44. The molecule has 0 aliphatic rings. The fourth-order valence-electron chi connectivity index (χ4n) is 2.51. The monoisotopic (exact) mass is 328 g/mol. The van der Waals surface area contributed by atoms with Gasteiger partial charge in [0.2, 0.25) is 5.91 Å². The molecule has 0 radical (unpaired) electrons. The van der Waals surface area contributed by atoms with Crippen LogP contribution in [0.5, 0.6) is 0 Å². The van der Waals surface area contributed by atoms with E-state index in [0.29, 0.717) is 24.5 Å². The number of amides is 1. The molecule has 0 fully saturated rings. The van der Waals surface area contributed by atoms with Gasteiger partial charge in [-0.15, -0.1) is 0 Å². The van der Waals surface area contributed by atoms with E-state index in [2.05, 4.69) is 10.1 Å². The van der Waals surface area contributed by atoms with E-state index in [1.165, 1.54) is 0 Å². The SMILES string of the molecule is CN(Cc1cccc2ncccc12)C(=O)CCn1cc(Cl)cn1. The molecule has 0 aliphatic heterocycles. The lowest BCUT2D eigenvalue weighted by Crippen LogP contribution is -2.27. The fraction of sp³-hybridized carbons (Fsp3) is 0.235. The summed E-state index contributed by atoms with van der Waals surface area (Å²) in [6, 6.07) is 9.91. The summed E-state index contributed by atoms with van der Waals surface area (Å²) in [5.74, 6) is 0.0671. The van der Waals surface area contributed by atoms with Crippen LogP contribution in [0, 0.1) is 0 Å². The second kappa shape index (κ2) is 6.79. The maximum Gasteiger partial charge on any atom is 0.224 e. The summed E-state index contributed by atoms with van der Waals surface area (Å²) >= 11 is 5.82. The van der Waals surface area contributed by atoms with Crippen molar-refractivity contribution < 1.29 is 4.79 Å². The summed E-state index contributed by atoms with van der Waals surface area (Å²) in [5.41, 5.74) is 2.03. The minimum atomic E-state index is 0.0671. The zero-order valence-electron chi connectivity index (χ0n) is 12.8. The van der Waals surface area contributed by atoms with Crippen LogP contribution in [-0.2, 0) is 17.9 Å². The van der Waals surface area contributed by atoms with E-state index in [1.54, 1.807) is 28.2 Å². The van der Waals surface area contributed by atoms with E-state index in [4.69, 9.17) is 11.6 Å². The Morgan fingerprint density at radius 1 is 1.30 bits per heavy atom. The summed E-state index contributed by atoms with van der Waals surface area (Å²) in [4.78, 5) is 18.4. The third-order valence-corrected chi connectivity index (χ3v) is 3.92. The van der Waals surface area contributed by atoms with E-state index >= 15 is 0 Å². The molecule has 1 aromatic carbocycles. The van der Waals surface area contributed by atoms with Gasteiger partial charge in [0.05, 0.1) is 16.7 Å². The topological polar surface area (TPSA) is 51.0 Å². The van der Waals surface area contributed by atoms with Crippen molar-refractivity contribution in [3.63, 3.8) is 0 Å². The number of nitrogens with zero attached hydrogens (tertiary/aromatic N) is 4. The van der Waals surface area contributed by atoms with Crippen molar-refractivity contribution >= 4 is 28.4 Å². The van der Waals surface area contributed by atoms with Crippen LogP contribution in [0.1, 0.15) is 12.0 Å². The van der Waals surface area contributed by atoms with Gasteiger partial charge in [0.25, 0.3) is 0 Å². The molecule has 0 N–H and O–H groups in total. The van der Waals surface area contributed by atoms with Crippen LogP contribution in [-0.4, -0.2) is 32.6 Å². The van der Waals surface area contributed by atoms with Crippen LogP contribution in [0.3, 0.4) is 0 Å². The molecule has 0 atom stereocenters. The summed E-state index contributed by atoms with van der Waals surface area (Å²) in [5, 5.41) is 5.73. The first-order chi connectivity index (χ1) is 11.1. The molecule has 0 spiro atoms. The summed E-state index contributed by atoms with van der Waals surface area (Å²) < 4.78 is 1.68. The van der Waals surface area contributed by atoms with Gasteiger partial charge < -0.3 is 4.90 Å². The molecular formula is C17H17ClN4O. The first-order valence-electron chi connectivity index (χ1n) is 7.38. The maximum absolute atomic E-state index is 12.3. The van der Waals surface area contributed by atoms with Gasteiger partial charge in [-0.1, -0.05) is 29.8 Å². The first kappa shape index (κ1) is 15.5. The number of rotatable bonds is 5. The van der Waals surface area contributed by atoms with Crippen molar-refractivity contribution in [2.75, 3.05) is 7.05 Å². The predicted octanol–water partition coefficient (Wildman–Crippen LogP) is 3.13. The molecule has 23 heavy (non-hydrogen) atoms. The number of halogens is 1. The molecule has 0 saturated heterocycles. The number of carbonyl (C=O) groups excluding carboxylic acids is 1. The number of benzene rings is 1. The average Bonchev–Trinajstić information content (AvgIpc) is 2.98. The summed E-state index contributed by atoms with van der Waals surface area (Å²) in [6.45, 7) is 1.08. The largest absolute Gasteiger partial charge is 0.341 e. The molecule has 3 rings (SSSR count). The van der Waals surface area contributed by atoms with Crippen LogP contribution in [0.2, 0.25) is 5.02 Å². The van der Waals surface area contributed by atoms with Crippen LogP contribution >= 0.6 is 11.6 Å². The van der Waals surface area contributed by atoms with Crippen molar-refractivity contribution in [1.29, 1.82) is 0 Å². The lowest BCUT2D eigenvalue weighted by molar-refractivity contribution is -0.130. The Balaban J connectivity index is 1.65. The molecule has 6 heteroatoms.